The molecule has 28 heavy (non-hydrogen) atoms. The lowest BCUT2D eigenvalue weighted by Crippen LogP contribution is -2.19. The van der Waals surface area contributed by atoms with Crippen molar-refractivity contribution >= 4 is 41.0 Å². The number of ether oxygens (including phenoxy) is 3. The minimum atomic E-state index is -0.628. The molecule has 0 atom stereocenters. The fraction of sp³-hybridized carbons (Fsp3) is 0.278. The zero-order valence-corrected chi connectivity index (χ0v) is 15.9. The number of rotatable bonds is 6. The lowest BCUT2D eigenvalue weighted by atomic mass is 10.2. The number of carbonyl (C=O) groups excluding carboxylic acids is 3. The number of amidine groups is 1. The van der Waals surface area contributed by atoms with Crippen LogP contribution in [0.3, 0.4) is 0 Å². The molecule has 0 aromatic heterocycles. The minimum absolute atomic E-state index is 0.0148. The number of thioether (sulfide) groups is 1. The Bertz CT molecular complexity index is 905. The number of hydrogen-bond donors (Lipinski definition) is 1. The van der Waals surface area contributed by atoms with E-state index in [2.05, 4.69) is 20.3 Å². The molecule has 1 aromatic rings. The van der Waals surface area contributed by atoms with Gasteiger partial charge >= 0.3 is 11.9 Å². The van der Waals surface area contributed by atoms with Gasteiger partial charge in [0.05, 0.1) is 31.3 Å². The summed E-state index contributed by atoms with van der Waals surface area (Å²) in [5, 5.41) is 10.6. The maximum Gasteiger partial charge on any atom is 0.331 e. The molecule has 0 spiro atoms. The molecule has 1 heterocycles. The first-order chi connectivity index (χ1) is 13.5. The first-order valence-corrected chi connectivity index (χ1v) is 9.11. The molecule has 146 valence electrons. The van der Waals surface area contributed by atoms with E-state index in [-0.39, 0.29) is 22.0 Å². The molecule has 1 aromatic carbocycles. The largest absolute Gasteiger partial charge is 0.493 e. The summed E-state index contributed by atoms with van der Waals surface area (Å²) in [6.07, 6.45) is 4.25. The second-order valence-electron chi connectivity index (χ2n) is 5.84. The lowest BCUT2D eigenvalue weighted by Gasteiger charge is -2.09. The molecule has 1 saturated carbocycles. The van der Waals surface area contributed by atoms with Crippen molar-refractivity contribution in [3.8, 4) is 11.5 Å². The van der Waals surface area contributed by atoms with Gasteiger partial charge in [-0.1, -0.05) is 0 Å². The average molecular weight is 403 g/mol. The van der Waals surface area contributed by atoms with Gasteiger partial charge in [0.25, 0.3) is 5.91 Å². The van der Waals surface area contributed by atoms with Crippen LogP contribution < -0.4 is 14.8 Å². The Morgan fingerprint density at radius 2 is 2.04 bits per heavy atom. The second-order valence-corrected chi connectivity index (χ2v) is 6.87. The zero-order valence-electron chi connectivity index (χ0n) is 15.1. The average Bonchev–Trinajstić information content (AvgIpc) is 3.48. The van der Waals surface area contributed by atoms with Gasteiger partial charge in [0.1, 0.15) is 0 Å². The highest BCUT2D eigenvalue weighted by atomic mass is 32.2. The van der Waals surface area contributed by atoms with E-state index in [1.807, 2.05) is 0 Å². The van der Waals surface area contributed by atoms with E-state index in [1.165, 1.54) is 20.4 Å². The van der Waals surface area contributed by atoms with Gasteiger partial charge in [0, 0.05) is 6.08 Å². The van der Waals surface area contributed by atoms with Crippen molar-refractivity contribution in [3.05, 3.63) is 34.7 Å². The summed E-state index contributed by atoms with van der Waals surface area (Å²) in [5.74, 6) is -0.601. The van der Waals surface area contributed by atoms with Crippen LogP contribution in [0, 0.1) is 5.92 Å². The molecule has 0 unspecified atom stereocenters. The molecular formula is C18H17N3O6S. The first-order valence-electron chi connectivity index (χ1n) is 8.29. The van der Waals surface area contributed by atoms with Crippen LogP contribution in [0.1, 0.15) is 18.4 Å². The molecule has 2 aliphatic rings. The zero-order chi connectivity index (χ0) is 20.1. The third-order valence-corrected chi connectivity index (χ3v) is 4.67. The van der Waals surface area contributed by atoms with E-state index < -0.39 is 11.9 Å². The Labute approximate surface area is 164 Å². The lowest BCUT2D eigenvalue weighted by molar-refractivity contribution is -0.136. The number of esters is 2. The van der Waals surface area contributed by atoms with E-state index in [0.717, 1.165) is 30.7 Å². The van der Waals surface area contributed by atoms with Gasteiger partial charge in [-0.15, -0.1) is 5.10 Å². The molecule has 2 fully saturated rings. The summed E-state index contributed by atoms with van der Waals surface area (Å²) in [6, 6.07) is 4.98. The number of nitrogens with zero attached hydrogens (tertiary/aromatic N) is 2. The molecule has 1 aliphatic heterocycles. The van der Waals surface area contributed by atoms with E-state index >= 15 is 0 Å². The molecule has 0 bridgehead atoms. The van der Waals surface area contributed by atoms with E-state index in [0.29, 0.717) is 17.1 Å². The summed E-state index contributed by atoms with van der Waals surface area (Å²) in [5.41, 5.74) is 0.659. The minimum Gasteiger partial charge on any atom is -0.493 e. The van der Waals surface area contributed by atoms with Gasteiger partial charge in [-0.3, -0.25) is 14.9 Å². The molecule has 1 aliphatic carbocycles. The van der Waals surface area contributed by atoms with Gasteiger partial charge in [-0.25, -0.2) is 4.79 Å². The number of methoxy groups -OCH3 is 2. The van der Waals surface area contributed by atoms with Crippen LogP contribution in [-0.4, -0.2) is 43.4 Å². The van der Waals surface area contributed by atoms with Crippen LogP contribution in [0.4, 0.5) is 0 Å². The third-order valence-electron chi connectivity index (χ3n) is 3.77. The van der Waals surface area contributed by atoms with Gasteiger partial charge in [-0.05, 0) is 48.4 Å². The summed E-state index contributed by atoms with van der Waals surface area (Å²) in [7, 11) is 2.70. The Morgan fingerprint density at radius 3 is 2.71 bits per heavy atom. The second kappa shape index (κ2) is 8.70. The molecule has 1 amide bonds. The molecule has 3 rings (SSSR count). The van der Waals surface area contributed by atoms with Crippen LogP contribution in [0.5, 0.6) is 11.5 Å². The Kier molecular flexibility index (Phi) is 6.09. The first kappa shape index (κ1) is 19.6. The van der Waals surface area contributed by atoms with Crippen LogP contribution in [0.2, 0.25) is 0 Å². The Balaban J connectivity index is 1.66. The fourth-order valence-corrected chi connectivity index (χ4v) is 2.89. The highest BCUT2D eigenvalue weighted by Crippen LogP contribution is 2.34. The van der Waals surface area contributed by atoms with E-state index in [1.54, 1.807) is 18.2 Å². The number of hydrogen-bond acceptors (Lipinski definition) is 9. The van der Waals surface area contributed by atoms with Crippen molar-refractivity contribution in [1.29, 1.82) is 0 Å². The molecule has 0 radical (unpaired) electrons. The molecule has 10 heteroatoms. The van der Waals surface area contributed by atoms with Crippen molar-refractivity contribution < 1.29 is 28.6 Å². The summed E-state index contributed by atoms with van der Waals surface area (Å²) in [4.78, 5) is 34.9. The Morgan fingerprint density at radius 1 is 1.25 bits per heavy atom. The standard InChI is InChI=1S/C18H17N3O6S/c1-25-13-7-10(3-6-12(13)27-17(24)11-4-5-11)9-19-21-18-20-16(23)14(28-18)8-15(22)26-2/h3,6-9,11H,4-5H2,1-2H3,(H,20,21,23)/b14-8+,19-9?. The van der Waals surface area contributed by atoms with Crippen molar-refractivity contribution in [1.82, 2.24) is 5.32 Å². The highest BCUT2D eigenvalue weighted by Gasteiger charge is 2.32. The maximum atomic E-state index is 11.8. The van der Waals surface area contributed by atoms with E-state index in [4.69, 9.17) is 9.47 Å². The van der Waals surface area contributed by atoms with Gasteiger partial charge in [0.15, 0.2) is 16.7 Å². The molecular weight excluding hydrogens is 386 g/mol. The highest BCUT2D eigenvalue weighted by molar-refractivity contribution is 8.18. The normalized spacial score (nSPS) is 19.1. The maximum absolute atomic E-state index is 11.8. The third kappa shape index (κ3) is 4.97. The number of amides is 1. The number of carbonyl (C=O) groups is 3. The quantitative estimate of drug-likeness (QED) is 0.252. The fourth-order valence-electron chi connectivity index (χ4n) is 2.15. The summed E-state index contributed by atoms with van der Waals surface area (Å²) < 4.78 is 15.1. The SMILES string of the molecule is COC(=O)/C=C1/S/C(=N\N=Cc2ccc(OC(=O)C3CC3)c(OC)c2)NC1=O. The Hall–Kier alpha value is -3.14. The van der Waals surface area contributed by atoms with Crippen molar-refractivity contribution in [2.75, 3.05) is 14.2 Å². The smallest absolute Gasteiger partial charge is 0.331 e. The predicted molar refractivity (Wildman–Crippen MR) is 102 cm³/mol. The summed E-state index contributed by atoms with van der Waals surface area (Å²) >= 11 is 0.977. The van der Waals surface area contributed by atoms with Gasteiger partial charge in [-0.2, -0.15) is 5.10 Å². The van der Waals surface area contributed by atoms with Crippen LogP contribution in [-0.2, 0) is 19.1 Å². The molecule has 1 saturated heterocycles. The topological polar surface area (TPSA) is 116 Å². The van der Waals surface area contributed by atoms with Crippen molar-refractivity contribution in [2.24, 2.45) is 16.1 Å². The van der Waals surface area contributed by atoms with Gasteiger partial charge < -0.3 is 14.2 Å². The van der Waals surface area contributed by atoms with Crippen LogP contribution in [0.25, 0.3) is 0 Å². The monoisotopic (exact) mass is 403 g/mol. The summed E-state index contributed by atoms with van der Waals surface area (Å²) in [6.45, 7) is 0. The van der Waals surface area contributed by atoms with Crippen molar-refractivity contribution in [3.63, 3.8) is 0 Å². The van der Waals surface area contributed by atoms with Crippen LogP contribution in [0.15, 0.2) is 39.4 Å². The van der Waals surface area contributed by atoms with Gasteiger partial charge in [0.2, 0.25) is 0 Å². The predicted octanol–water partition coefficient (Wildman–Crippen LogP) is 1.62. The number of nitrogens with one attached hydrogen (secondary N) is 1. The van der Waals surface area contributed by atoms with Crippen LogP contribution >= 0.6 is 11.8 Å². The van der Waals surface area contributed by atoms with Crippen molar-refractivity contribution in [2.45, 2.75) is 12.8 Å². The molecule has 1 N–H and O–H groups in total. The molecule has 9 nitrogen and oxygen atoms in total. The van der Waals surface area contributed by atoms with E-state index in [9.17, 15) is 14.4 Å². The number of benzene rings is 1.